The fourth-order valence-corrected chi connectivity index (χ4v) is 6.81. The van der Waals surface area contributed by atoms with Crippen molar-refractivity contribution in [3.63, 3.8) is 0 Å². The molecule has 1 unspecified atom stereocenters. The molecule has 1 aromatic carbocycles. The smallest absolute Gasteiger partial charge is 0.244 e. The zero-order chi connectivity index (χ0) is 22.7. The van der Waals surface area contributed by atoms with Gasteiger partial charge in [-0.3, -0.25) is 4.79 Å². The van der Waals surface area contributed by atoms with Crippen LogP contribution in [0.4, 0.5) is 5.13 Å². The third-order valence-electron chi connectivity index (χ3n) is 6.09. The lowest BCUT2D eigenvalue weighted by Gasteiger charge is -2.24. The molecule has 4 rings (SSSR count). The second-order valence-electron chi connectivity index (χ2n) is 8.43. The number of ether oxygens (including phenoxy) is 1. The number of aromatic nitrogens is 1. The molecule has 1 aromatic heterocycles. The Hall–Kier alpha value is -2.01. The van der Waals surface area contributed by atoms with Crippen LogP contribution in [0.25, 0.3) is 10.4 Å². The van der Waals surface area contributed by atoms with Gasteiger partial charge in [0.25, 0.3) is 0 Å². The number of nitrogens with one attached hydrogen (secondary N) is 3. The highest BCUT2D eigenvalue weighted by Gasteiger charge is 2.27. The van der Waals surface area contributed by atoms with E-state index in [-0.39, 0.29) is 22.8 Å². The molecule has 8 nitrogen and oxygen atoms in total. The molecule has 0 spiro atoms. The minimum atomic E-state index is -3.77. The summed E-state index contributed by atoms with van der Waals surface area (Å²) in [6.45, 7) is 3.38. The Kier molecular flexibility index (Phi) is 7.14. The van der Waals surface area contributed by atoms with Gasteiger partial charge in [0.05, 0.1) is 17.7 Å². The lowest BCUT2D eigenvalue weighted by molar-refractivity contribution is -0.119. The molecule has 2 aliphatic rings. The average Bonchev–Trinajstić information content (AvgIpc) is 3.44. The van der Waals surface area contributed by atoms with Gasteiger partial charge in [-0.1, -0.05) is 24.2 Å². The number of hydrogen-bond acceptors (Lipinski definition) is 7. The van der Waals surface area contributed by atoms with Crippen LogP contribution < -0.4 is 20.1 Å². The lowest BCUT2D eigenvalue weighted by atomic mass is 10.1. The Balaban J connectivity index is 1.59. The van der Waals surface area contributed by atoms with Crippen LogP contribution in [0.2, 0.25) is 0 Å². The number of rotatable bonds is 7. The molecule has 2 aromatic rings. The standard InChI is InChI=1S/C22H30N4O4S2/c1-14-20(31-22(24-14)25-21(27)15-6-3-4-7-15)16-9-10-18(30-2)19(12-16)32(28,29)26-17-8-5-11-23-13-17/h9-10,12,15,17,23,26H,3-8,11,13H2,1-2H3,(H,24,25,27). The Morgan fingerprint density at radius 1 is 1.22 bits per heavy atom. The highest BCUT2D eigenvalue weighted by molar-refractivity contribution is 7.89. The van der Waals surface area contributed by atoms with E-state index < -0.39 is 10.0 Å². The van der Waals surface area contributed by atoms with E-state index in [0.717, 1.165) is 61.2 Å². The van der Waals surface area contributed by atoms with Crippen LogP contribution in [0.1, 0.15) is 44.2 Å². The first-order valence-corrected chi connectivity index (χ1v) is 13.4. The number of carbonyl (C=O) groups excluding carboxylic acids is 1. The van der Waals surface area contributed by atoms with Crippen LogP contribution in [0.5, 0.6) is 5.75 Å². The Morgan fingerprint density at radius 3 is 2.69 bits per heavy atom. The predicted octanol–water partition coefficient (Wildman–Crippen LogP) is 3.29. The SMILES string of the molecule is COc1ccc(-c2sc(NC(=O)C3CCCC3)nc2C)cc1S(=O)(=O)NC1CCCNC1. The number of hydrogen-bond donors (Lipinski definition) is 3. The molecule has 174 valence electrons. The summed E-state index contributed by atoms with van der Waals surface area (Å²) in [6.07, 6.45) is 5.76. The van der Waals surface area contributed by atoms with E-state index in [4.69, 9.17) is 4.74 Å². The number of thiazole rings is 1. The highest BCUT2D eigenvalue weighted by Crippen LogP contribution is 2.37. The van der Waals surface area contributed by atoms with Gasteiger partial charge in [-0.05, 0) is 62.9 Å². The number of aryl methyl sites for hydroxylation is 1. The van der Waals surface area contributed by atoms with E-state index >= 15 is 0 Å². The van der Waals surface area contributed by atoms with Crippen molar-refractivity contribution in [1.29, 1.82) is 0 Å². The van der Waals surface area contributed by atoms with Crippen molar-refractivity contribution in [3.05, 3.63) is 23.9 Å². The molecule has 3 N–H and O–H groups in total. The van der Waals surface area contributed by atoms with Gasteiger partial charge in [0.15, 0.2) is 5.13 Å². The Bertz CT molecular complexity index is 1070. The van der Waals surface area contributed by atoms with E-state index in [1.165, 1.54) is 18.4 Å². The van der Waals surface area contributed by atoms with Crippen LogP contribution in [-0.4, -0.2) is 45.6 Å². The minimum Gasteiger partial charge on any atom is -0.495 e. The van der Waals surface area contributed by atoms with Crippen LogP contribution in [0.15, 0.2) is 23.1 Å². The fourth-order valence-electron chi connectivity index (χ4n) is 4.38. The first kappa shape index (κ1) is 23.2. The van der Waals surface area contributed by atoms with Gasteiger partial charge in [-0.15, -0.1) is 0 Å². The largest absolute Gasteiger partial charge is 0.495 e. The number of carbonyl (C=O) groups is 1. The van der Waals surface area contributed by atoms with Crippen molar-refractivity contribution in [2.75, 3.05) is 25.5 Å². The van der Waals surface area contributed by atoms with Gasteiger partial charge in [-0.2, -0.15) is 0 Å². The first-order valence-electron chi connectivity index (χ1n) is 11.1. The van der Waals surface area contributed by atoms with Crippen LogP contribution in [0, 0.1) is 12.8 Å². The zero-order valence-corrected chi connectivity index (χ0v) is 20.1. The maximum absolute atomic E-state index is 13.2. The molecule has 0 bridgehead atoms. The minimum absolute atomic E-state index is 0.0195. The first-order chi connectivity index (χ1) is 15.4. The van der Waals surface area contributed by atoms with E-state index in [1.54, 1.807) is 12.1 Å². The molecule has 0 radical (unpaired) electrons. The predicted molar refractivity (Wildman–Crippen MR) is 126 cm³/mol. The Labute approximate surface area is 193 Å². The van der Waals surface area contributed by atoms with E-state index in [9.17, 15) is 13.2 Å². The molecule has 32 heavy (non-hydrogen) atoms. The van der Waals surface area contributed by atoms with Crippen molar-refractivity contribution in [3.8, 4) is 16.2 Å². The third kappa shape index (κ3) is 5.14. The molecule has 1 saturated heterocycles. The summed E-state index contributed by atoms with van der Waals surface area (Å²) >= 11 is 1.36. The number of nitrogens with zero attached hydrogens (tertiary/aromatic N) is 1. The molecule has 1 saturated carbocycles. The summed E-state index contributed by atoms with van der Waals surface area (Å²) in [5, 5.41) is 6.71. The second-order valence-corrected chi connectivity index (χ2v) is 11.1. The second kappa shape index (κ2) is 9.86. The third-order valence-corrected chi connectivity index (χ3v) is 8.75. The monoisotopic (exact) mass is 478 g/mol. The molecule has 2 fully saturated rings. The van der Waals surface area contributed by atoms with E-state index in [2.05, 4.69) is 20.3 Å². The maximum atomic E-state index is 13.2. The van der Waals surface area contributed by atoms with Crippen molar-refractivity contribution in [1.82, 2.24) is 15.0 Å². The lowest BCUT2D eigenvalue weighted by Crippen LogP contribution is -2.45. The number of benzene rings is 1. The van der Waals surface area contributed by atoms with Gasteiger partial charge >= 0.3 is 0 Å². The highest BCUT2D eigenvalue weighted by atomic mass is 32.2. The van der Waals surface area contributed by atoms with Crippen molar-refractivity contribution < 1.29 is 17.9 Å². The molecule has 2 heterocycles. The summed E-state index contributed by atoms with van der Waals surface area (Å²) in [5.74, 6) is 0.369. The average molecular weight is 479 g/mol. The van der Waals surface area contributed by atoms with Gasteiger partial charge < -0.3 is 15.4 Å². The molecule has 1 atom stereocenters. The van der Waals surface area contributed by atoms with E-state index in [0.29, 0.717) is 17.4 Å². The van der Waals surface area contributed by atoms with Gasteiger partial charge in [0, 0.05) is 18.5 Å². The normalized spacial score (nSPS) is 19.8. The van der Waals surface area contributed by atoms with Crippen molar-refractivity contribution >= 4 is 32.4 Å². The van der Waals surface area contributed by atoms with Gasteiger partial charge in [0.1, 0.15) is 10.6 Å². The summed E-state index contributed by atoms with van der Waals surface area (Å²) in [6, 6.07) is 4.97. The number of anilines is 1. The summed E-state index contributed by atoms with van der Waals surface area (Å²) in [5.41, 5.74) is 1.47. The molecule has 1 aliphatic carbocycles. The number of methoxy groups -OCH3 is 1. The molecule has 10 heteroatoms. The molecule has 1 aliphatic heterocycles. The van der Waals surface area contributed by atoms with Crippen LogP contribution in [0.3, 0.4) is 0 Å². The van der Waals surface area contributed by atoms with Crippen molar-refractivity contribution in [2.45, 2.75) is 56.4 Å². The van der Waals surface area contributed by atoms with Gasteiger partial charge in [-0.25, -0.2) is 18.1 Å². The van der Waals surface area contributed by atoms with Crippen LogP contribution >= 0.6 is 11.3 Å². The molecular formula is C22H30N4O4S2. The van der Waals surface area contributed by atoms with Gasteiger partial charge in [0.2, 0.25) is 15.9 Å². The summed E-state index contributed by atoms with van der Waals surface area (Å²) < 4.78 is 34.5. The number of amides is 1. The quantitative estimate of drug-likeness (QED) is 0.563. The van der Waals surface area contributed by atoms with E-state index in [1.807, 2.05) is 13.0 Å². The Morgan fingerprint density at radius 2 is 2.00 bits per heavy atom. The summed E-state index contributed by atoms with van der Waals surface area (Å²) in [7, 11) is -2.31. The summed E-state index contributed by atoms with van der Waals surface area (Å²) in [4.78, 5) is 17.9. The fraction of sp³-hybridized carbons (Fsp3) is 0.545. The maximum Gasteiger partial charge on any atom is 0.244 e. The molecular weight excluding hydrogens is 448 g/mol. The number of sulfonamides is 1. The zero-order valence-electron chi connectivity index (χ0n) is 18.4. The number of piperidine rings is 1. The topological polar surface area (TPSA) is 109 Å². The van der Waals surface area contributed by atoms with Crippen molar-refractivity contribution in [2.24, 2.45) is 5.92 Å². The van der Waals surface area contributed by atoms with Crippen LogP contribution in [-0.2, 0) is 14.8 Å². The molecule has 1 amide bonds.